The van der Waals surface area contributed by atoms with E-state index >= 15 is 0 Å². The van der Waals surface area contributed by atoms with Crippen molar-refractivity contribution in [2.75, 3.05) is 19.6 Å². The molecular formula is C20H31Cl2N3O. The van der Waals surface area contributed by atoms with Gasteiger partial charge < -0.3 is 10.6 Å². The van der Waals surface area contributed by atoms with E-state index in [-0.39, 0.29) is 30.7 Å². The minimum Gasteiger partial charge on any atom is -0.352 e. The Morgan fingerprint density at radius 1 is 1.23 bits per heavy atom. The summed E-state index contributed by atoms with van der Waals surface area (Å²) in [4.78, 5) is 15.1. The predicted octanol–water partition coefficient (Wildman–Crippen LogP) is 3.00. The molecule has 1 amide bonds. The first-order chi connectivity index (χ1) is 11.7. The Bertz CT molecular complexity index is 592. The molecule has 2 saturated heterocycles. The number of hydrogen-bond donors (Lipinski definition) is 2. The lowest BCUT2D eigenvalue weighted by atomic mass is 9.91. The summed E-state index contributed by atoms with van der Waals surface area (Å²) in [5, 5.41) is 6.77. The van der Waals surface area contributed by atoms with Crippen molar-refractivity contribution in [3.63, 3.8) is 0 Å². The van der Waals surface area contributed by atoms with E-state index in [4.69, 9.17) is 0 Å². The van der Waals surface area contributed by atoms with E-state index in [9.17, 15) is 4.79 Å². The van der Waals surface area contributed by atoms with Crippen LogP contribution in [0.25, 0.3) is 0 Å². The van der Waals surface area contributed by atoms with Gasteiger partial charge in [-0.2, -0.15) is 0 Å². The lowest BCUT2D eigenvalue weighted by Crippen LogP contribution is -2.40. The third-order valence-electron chi connectivity index (χ3n) is 6.38. The molecule has 0 aromatic heterocycles. The number of amides is 1. The van der Waals surface area contributed by atoms with Crippen LogP contribution >= 0.6 is 24.8 Å². The molecule has 4 nitrogen and oxygen atoms in total. The maximum atomic E-state index is 12.7. The predicted molar refractivity (Wildman–Crippen MR) is 110 cm³/mol. The summed E-state index contributed by atoms with van der Waals surface area (Å²) in [6, 6.07) is 11.5. The van der Waals surface area contributed by atoms with E-state index in [2.05, 4.69) is 52.8 Å². The van der Waals surface area contributed by atoms with Crippen LogP contribution in [0.1, 0.15) is 38.2 Å². The fourth-order valence-corrected chi connectivity index (χ4v) is 4.74. The third-order valence-corrected chi connectivity index (χ3v) is 6.38. The molecule has 2 N–H and O–H groups in total. The SMILES string of the molecule is CC1CC(NC(=O)C2CC23CCNCC3)CN1Cc1ccccc1.Cl.Cl. The first kappa shape index (κ1) is 21.5. The molecule has 6 heteroatoms. The highest BCUT2D eigenvalue weighted by molar-refractivity contribution is 5.85. The summed E-state index contributed by atoms with van der Waals surface area (Å²) in [5.41, 5.74) is 1.69. The largest absolute Gasteiger partial charge is 0.352 e. The van der Waals surface area contributed by atoms with Crippen LogP contribution in [-0.4, -0.2) is 42.5 Å². The highest BCUT2D eigenvalue weighted by Gasteiger charge is 2.57. The number of carbonyl (C=O) groups excluding carboxylic acids is 1. The Labute approximate surface area is 169 Å². The molecule has 3 unspecified atom stereocenters. The van der Waals surface area contributed by atoms with Crippen molar-refractivity contribution in [3.05, 3.63) is 35.9 Å². The van der Waals surface area contributed by atoms with Crippen LogP contribution in [-0.2, 0) is 11.3 Å². The first-order valence-electron chi connectivity index (χ1n) is 9.45. The van der Waals surface area contributed by atoms with Crippen LogP contribution in [0, 0.1) is 11.3 Å². The molecule has 1 saturated carbocycles. The van der Waals surface area contributed by atoms with Gasteiger partial charge in [-0.3, -0.25) is 9.69 Å². The minimum atomic E-state index is 0. The summed E-state index contributed by atoms with van der Waals surface area (Å²) in [5.74, 6) is 0.591. The zero-order valence-corrected chi connectivity index (χ0v) is 17.1. The van der Waals surface area contributed by atoms with Gasteiger partial charge in [0.25, 0.3) is 0 Å². The van der Waals surface area contributed by atoms with Crippen molar-refractivity contribution in [2.24, 2.45) is 11.3 Å². The number of benzene rings is 1. The summed E-state index contributed by atoms with van der Waals surface area (Å²) < 4.78 is 0. The normalized spacial score (nSPS) is 29.5. The second-order valence-corrected chi connectivity index (χ2v) is 8.07. The molecule has 26 heavy (non-hydrogen) atoms. The molecule has 3 atom stereocenters. The van der Waals surface area contributed by atoms with E-state index in [0.29, 0.717) is 23.4 Å². The fourth-order valence-electron chi connectivity index (χ4n) is 4.74. The number of piperidine rings is 1. The molecule has 146 valence electrons. The standard InChI is InChI=1S/C20H29N3O.2ClH/c1-15-11-17(14-23(15)13-16-5-3-2-4-6-16)22-19(24)18-12-20(18)7-9-21-10-8-20;;/h2-6,15,17-18,21H,7-14H2,1H3,(H,22,24);2*1H. The second kappa shape index (κ2) is 8.92. The first-order valence-corrected chi connectivity index (χ1v) is 9.45. The van der Waals surface area contributed by atoms with Crippen LogP contribution in [0.5, 0.6) is 0 Å². The number of hydrogen-bond acceptors (Lipinski definition) is 3. The van der Waals surface area contributed by atoms with Gasteiger partial charge >= 0.3 is 0 Å². The third kappa shape index (κ3) is 4.53. The summed E-state index contributed by atoms with van der Waals surface area (Å²) in [6.07, 6.45) is 4.52. The summed E-state index contributed by atoms with van der Waals surface area (Å²) in [7, 11) is 0. The number of rotatable bonds is 4. The van der Waals surface area contributed by atoms with E-state index < -0.39 is 0 Å². The molecule has 0 radical (unpaired) electrons. The minimum absolute atomic E-state index is 0. The van der Waals surface area contributed by atoms with Crippen molar-refractivity contribution in [3.8, 4) is 0 Å². The molecule has 1 aromatic rings. The van der Waals surface area contributed by atoms with E-state index in [1.54, 1.807) is 0 Å². The Morgan fingerprint density at radius 3 is 2.62 bits per heavy atom. The van der Waals surface area contributed by atoms with Gasteiger partial charge in [0.1, 0.15) is 0 Å². The average molecular weight is 400 g/mol. The number of likely N-dealkylation sites (tertiary alicyclic amines) is 1. The van der Waals surface area contributed by atoms with Gasteiger partial charge in [-0.05, 0) is 56.7 Å². The van der Waals surface area contributed by atoms with Crippen molar-refractivity contribution >= 4 is 30.7 Å². The van der Waals surface area contributed by atoms with Gasteiger partial charge in [0.2, 0.25) is 5.91 Å². The van der Waals surface area contributed by atoms with Crippen molar-refractivity contribution < 1.29 is 4.79 Å². The quantitative estimate of drug-likeness (QED) is 0.817. The smallest absolute Gasteiger partial charge is 0.223 e. The molecule has 1 spiro atoms. The van der Waals surface area contributed by atoms with Gasteiger partial charge in [-0.1, -0.05) is 30.3 Å². The zero-order valence-electron chi connectivity index (χ0n) is 15.4. The van der Waals surface area contributed by atoms with Crippen molar-refractivity contribution in [1.29, 1.82) is 0 Å². The topological polar surface area (TPSA) is 44.4 Å². The number of halogens is 2. The van der Waals surface area contributed by atoms with Gasteiger partial charge in [0.05, 0.1) is 0 Å². The van der Waals surface area contributed by atoms with Crippen LogP contribution in [0.3, 0.4) is 0 Å². The van der Waals surface area contributed by atoms with E-state index in [0.717, 1.165) is 39.0 Å². The Balaban J connectivity index is 0.00000121. The van der Waals surface area contributed by atoms with Gasteiger partial charge in [-0.25, -0.2) is 0 Å². The number of nitrogens with zero attached hydrogens (tertiary/aromatic N) is 1. The van der Waals surface area contributed by atoms with E-state index in [1.807, 2.05) is 0 Å². The molecule has 3 fully saturated rings. The molecular weight excluding hydrogens is 369 g/mol. The highest BCUT2D eigenvalue weighted by atomic mass is 35.5. The summed E-state index contributed by atoms with van der Waals surface area (Å²) in [6.45, 7) is 6.39. The molecule has 2 heterocycles. The van der Waals surface area contributed by atoms with Gasteiger partial charge in [0, 0.05) is 31.1 Å². The van der Waals surface area contributed by atoms with Crippen molar-refractivity contribution in [1.82, 2.24) is 15.5 Å². The molecule has 4 rings (SSSR count). The van der Waals surface area contributed by atoms with Crippen LogP contribution < -0.4 is 10.6 Å². The van der Waals surface area contributed by atoms with E-state index in [1.165, 1.54) is 18.4 Å². The van der Waals surface area contributed by atoms with Crippen LogP contribution in [0.4, 0.5) is 0 Å². The second-order valence-electron chi connectivity index (χ2n) is 8.07. The van der Waals surface area contributed by atoms with Crippen molar-refractivity contribution in [2.45, 2.75) is 51.2 Å². The lowest BCUT2D eigenvalue weighted by molar-refractivity contribution is -0.123. The number of carbonyl (C=O) groups is 1. The molecule has 2 aliphatic heterocycles. The van der Waals surface area contributed by atoms with Gasteiger partial charge in [-0.15, -0.1) is 24.8 Å². The van der Waals surface area contributed by atoms with Crippen LogP contribution in [0.15, 0.2) is 30.3 Å². The number of nitrogens with one attached hydrogen (secondary N) is 2. The maximum absolute atomic E-state index is 12.7. The zero-order chi connectivity index (χ0) is 16.6. The summed E-state index contributed by atoms with van der Waals surface area (Å²) >= 11 is 0. The molecule has 1 aliphatic carbocycles. The molecule has 1 aromatic carbocycles. The average Bonchev–Trinajstić information content (AvgIpc) is 3.17. The fraction of sp³-hybridized carbons (Fsp3) is 0.650. The maximum Gasteiger partial charge on any atom is 0.223 e. The molecule has 3 aliphatic rings. The molecule has 0 bridgehead atoms. The van der Waals surface area contributed by atoms with Crippen LogP contribution in [0.2, 0.25) is 0 Å². The Kier molecular flexibility index (Phi) is 7.37. The van der Waals surface area contributed by atoms with Gasteiger partial charge in [0.15, 0.2) is 0 Å². The monoisotopic (exact) mass is 399 g/mol. The Morgan fingerprint density at radius 2 is 1.92 bits per heavy atom. The lowest BCUT2D eigenvalue weighted by Gasteiger charge is -2.23. The Hall–Kier alpha value is -0.810. The highest BCUT2D eigenvalue weighted by Crippen LogP contribution is 2.58.